The molecule has 6 rings (SSSR count). The van der Waals surface area contributed by atoms with Gasteiger partial charge in [-0.25, -0.2) is 9.98 Å². The topological polar surface area (TPSA) is 178 Å². The number of aliphatic imine (C=N–C) groups is 1. The number of likely N-dealkylation sites (tertiary alicyclic amines) is 1. The fourth-order valence-corrected chi connectivity index (χ4v) is 8.27. The van der Waals surface area contributed by atoms with E-state index in [2.05, 4.69) is 49.6 Å². The lowest BCUT2D eigenvalue weighted by atomic mass is 9.91. The molecule has 54 heavy (non-hydrogen) atoms. The van der Waals surface area contributed by atoms with Crippen molar-refractivity contribution in [1.29, 1.82) is 5.41 Å². The first kappa shape index (κ1) is 38.9. The zero-order valence-corrected chi connectivity index (χ0v) is 32.8. The normalized spacial score (nSPS) is 22.4. The molecule has 0 saturated carbocycles. The van der Waals surface area contributed by atoms with Crippen LogP contribution in [0.25, 0.3) is 10.4 Å². The molecule has 3 aliphatic heterocycles. The molecule has 0 aliphatic carbocycles. The number of hydrogen-bond acceptors (Lipinski definition) is 12. The van der Waals surface area contributed by atoms with Crippen molar-refractivity contribution in [2.24, 2.45) is 16.6 Å². The number of carbonyl (C=O) groups excluding carboxylic acids is 2. The van der Waals surface area contributed by atoms with Gasteiger partial charge in [0.15, 0.2) is 11.7 Å². The van der Waals surface area contributed by atoms with E-state index >= 15 is 0 Å². The summed E-state index contributed by atoms with van der Waals surface area (Å²) in [6, 6.07) is 9.54. The smallest absolute Gasteiger partial charge is 0.254 e. The van der Waals surface area contributed by atoms with Crippen LogP contribution in [0.5, 0.6) is 5.88 Å². The number of nitrogens with one attached hydrogen (secondary N) is 3. The van der Waals surface area contributed by atoms with E-state index in [1.165, 1.54) is 0 Å². The SMILES string of the molecule is Cc1ncsc1-c1ccc(CNC(=O)[C@@H]2CCCN2C(=O)[C@H](c2cc(OCCCN3CCCN(C4=NC(C)(C(=N)N)C=CN4)[C@@H](C)C3)no2)C(C)C)cc1. The Morgan fingerprint density at radius 3 is 2.72 bits per heavy atom. The number of hydrogen-bond donors (Lipinski definition) is 4. The predicted molar refractivity (Wildman–Crippen MR) is 210 cm³/mol. The van der Waals surface area contributed by atoms with Crippen LogP contribution in [0.2, 0.25) is 0 Å². The highest BCUT2D eigenvalue weighted by Gasteiger charge is 2.40. The Hall–Kier alpha value is -4.76. The number of thiazole rings is 1. The Kier molecular flexibility index (Phi) is 12.4. The van der Waals surface area contributed by atoms with Crippen LogP contribution >= 0.6 is 11.3 Å². The van der Waals surface area contributed by atoms with Crippen LogP contribution in [0.15, 0.2) is 57.6 Å². The van der Waals surface area contributed by atoms with Crippen molar-refractivity contribution in [3.8, 4) is 16.3 Å². The van der Waals surface area contributed by atoms with Crippen LogP contribution in [0.4, 0.5) is 0 Å². The summed E-state index contributed by atoms with van der Waals surface area (Å²) in [5, 5.41) is 18.4. The number of nitrogens with zero attached hydrogens (tertiary/aromatic N) is 6. The van der Waals surface area contributed by atoms with Gasteiger partial charge < -0.3 is 40.3 Å². The molecule has 1 unspecified atom stereocenters. The Morgan fingerprint density at radius 1 is 1.20 bits per heavy atom. The second-order valence-electron chi connectivity index (χ2n) is 15.0. The molecule has 4 atom stereocenters. The minimum Gasteiger partial charge on any atom is -0.475 e. The fourth-order valence-electron chi connectivity index (χ4n) is 7.46. The summed E-state index contributed by atoms with van der Waals surface area (Å²) in [5.74, 6) is 0.634. The van der Waals surface area contributed by atoms with E-state index < -0.39 is 17.5 Å². The van der Waals surface area contributed by atoms with Gasteiger partial charge in [0.25, 0.3) is 5.88 Å². The molecule has 0 bridgehead atoms. The summed E-state index contributed by atoms with van der Waals surface area (Å²) >= 11 is 1.61. The minimum atomic E-state index is -0.836. The molecule has 2 saturated heterocycles. The van der Waals surface area contributed by atoms with E-state index in [0.717, 1.165) is 73.1 Å². The van der Waals surface area contributed by atoms with E-state index in [0.29, 0.717) is 37.8 Å². The molecule has 15 heteroatoms. The van der Waals surface area contributed by atoms with E-state index in [9.17, 15) is 9.59 Å². The third-order valence-electron chi connectivity index (χ3n) is 10.6. The minimum absolute atomic E-state index is 0.0181. The highest BCUT2D eigenvalue weighted by Crippen LogP contribution is 2.33. The molecule has 5 heterocycles. The lowest BCUT2D eigenvalue weighted by Crippen LogP contribution is -2.51. The van der Waals surface area contributed by atoms with E-state index in [1.807, 2.05) is 57.6 Å². The maximum atomic E-state index is 14.0. The van der Waals surface area contributed by atoms with Gasteiger partial charge in [-0.2, -0.15) is 0 Å². The number of aryl methyl sites for hydroxylation is 1. The molecule has 0 spiro atoms. The van der Waals surface area contributed by atoms with Gasteiger partial charge in [0.05, 0.1) is 22.7 Å². The van der Waals surface area contributed by atoms with Crippen molar-refractivity contribution in [3.05, 3.63) is 65.1 Å². The average Bonchev–Trinajstić information content (AvgIpc) is 3.90. The molecule has 290 valence electrons. The first-order valence-corrected chi connectivity index (χ1v) is 19.9. The summed E-state index contributed by atoms with van der Waals surface area (Å²) in [6.07, 6.45) is 6.79. The third kappa shape index (κ3) is 8.95. The molecular weight excluding hydrogens is 705 g/mol. The summed E-state index contributed by atoms with van der Waals surface area (Å²) < 4.78 is 11.7. The first-order valence-electron chi connectivity index (χ1n) is 19.0. The zero-order chi connectivity index (χ0) is 38.4. The number of aromatic nitrogens is 2. The molecule has 2 amide bonds. The quantitative estimate of drug-likeness (QED) is 0.110. The van der Waals surface area contributed by atoms with Gasteiger partial charge >= 0.3 is 0 Å². The predicted octanol–water partition coefficient (Wildman–Crippen LogP) is 4.49. The van der Waals surface area contributed by atoms with Crippen molar-refractivity contribution in [2.45, 2.75) is 90.4 Å². The molecule has 3 aliphatic rings. The number of ether oxygens (including phenoxy) is 1. The molecule has 3 aromatic rings. The number of carbonyl (C=O) groups is 2. The molecule has 14 nitrogen and oxygen atoms in total. The molecule has 5 N–H and O–H groups in total. The lowest BCUT2D eigenvalue weighted by molar-refractivity contribution is -0.140. The molecule has 2 fully saturated rings. The van der Waals surface area contributed by atoms with Gasteiger partial charge in [-0.05, 0) is 81.3 Å². The summed E-state index contributed by atoms with van der Waals surface area (Å²) in [6.45, 7) is 14.9. The highest BCUT2D eigenvalue weighted by molar-refractivity contribution is 7.13. The number of guanidine groups is 1. The van der Waals surface area contributed by atoms with Crippen molar-refractivity contribution in [2.75, 3.05) is 39.3 Å². The van der Waals surface area contributed by atoms with Gasteiger partial charge in [-0.15, -0.1) is 11.3 Å². The molecule has 0 radical (unpaired) electrons. The van der Waals surface area contributed by atoms with Gasteiger partial charge in [0, 0.05) is 51.0 Å². The van der Waals surface area contributed by atoms with Gasteiger partial charge in [0.2, 0.25) is 11.8 Å². The van der Waals surface area contributed by atoms with Gasteiger partial charge in [-0.1, -0.05) is 38.1 Å². The average molecular weight is 759 g/mol. The van der Waals surface area contributed by atoms with Crippen molar-refractivity contribution in [3.63, 3.8) is 0 Å². The number of amides is 2. The van der Waals surface area contributed by atoms with E-state index in [-0.39, 0.29) is 29.6 Å². The second kappa shape index (κ2) is 17.1. The molecular formula is C39H54N10O4S. The van der Waals surface area contributed by atoms with Crippen LogP contribution in [0.1, 0.15) is 76.3 Å². The largest absolute Gasteiger partial charge is 0.475 e. The van der Waals surface area contributed by atoms with Gasteiger partial charge in [0.1, 0.15) is 23.3 Å². The maximum Gasteiger partial charge on any atom is 0.254 e. The first-order chi connectivity index (χ1) is 25.9. The molecule has 1 aromatic carbocycles. The Morgan fingerprint density at radius 2 is 2.00 bits per heavy atom. The number of rotatable bonds is 13. The standard InChI is InChI=1S/C39H54N10O4S/c1-25(2)33(36(51)49-18-6-9-30(49)35(50)43-22-28-10-12-29(13-11-28)34-27(4)44-24-54-34)31-21-32(46-53-31)52-20-8-17-47-16-7-19-48(26(3)23-47)38-42-15-14-39(5,45-38)37(40)41/h10-15,21,24-26,30,33H,6-9,16-20,22-23H2,1-5H3,(H3,40,41)(H,42,45)(H,43,50)/t26-,30-,33-,39?/m0/s1. The summed E-state index contributed by atoms with van der Waals surface area (Å²) in [4.78, 5) is 44.1. The highest BCUT2D eigenvalue weighted by atomic mass is 32.1. The van der Waals surface area contributed by atoms with Crippen LogP contribution in [0, 0.1) is 18.3 Å². The Balaban J connectivity index is 0.977. The van der Waals surface area contributed by atoms with Crippen molar-refractivity contribution < 1.29 is 18.8 Å². The van der Waals surface area contributed by atoms with Crippen LogP contribution < -0.4 is 21.1 Å². The summed E-state index contributed by atoms with van der Waals surface area (Å²) in [5.41, 5.74) is 9.95. The van der Waals surface area contributed by atoms with Crippen molar-refractivity contribution in [1.82, 2.24) is 35.5 Å². The van der Waals surface area contributed by atoms with E-state index in [4.69, 9.17) is 25.4 Å². The number of benzene rings is 1. The van der Waals surface area contributed by atoms with Crippen molar-refractivity contribution >= 4 is 34.9 Å². The summed E-state index contributed by atoms with van der Waals surface area (Å²) in [7, 11) is 0. The monoisotopic (exact) mass is 758 g/mol. The third-order valence-corrected chi connectivity index (χ3v) is 11.6. The van der Waals surface area contributed by atoms with Crippen LogP contribution in [0.3, 0.4) is 0 Å². The Labute approximate surface area is 321 Å². The lowest BCUT2D eigenvalue weighted by Gasteiger charge is -2.35. The van der Waals surface area contributed by atoms with Crippen LogP contribution in [-0.2, 0) is 16.1 Å². The second-order valence-corrected chi connectivity index (χ2v) is 15.9. The molecule has 2 aromatic heterocycles. The maximum absolute atomic E-state index is 14.0. The van der Waals surface area contributed by atoms with E-state index in [1.54, 1.807) is 22.3 Å². The number of amidine groups is 1. The Bertz CT molecular complexity index is 1840. The zero-order valence-electron chi connectivity index (χ0n) is 32.0. The fraction of sp³-hybridized carbons (Fsp3) is 0.538. The number of nitrogens with two attached hydrogens (primary N) is 1. The van der Waals surface area contributed by atoms with Crippen LogP contribution in [-0.4, -0.2) is 105 Å². The van der Waals surface area contributed by atoms with Gasteiger partial charge in [-0.3, -0.25) is 15.0 Å².